The summed E-state index contributed by atoms with van der Waals surface area (Å²) in [5.41, 5.74) is 2.68. The average Bonchev–Trinajstić information content (AvgIpc) is 2.77. The summed E-state index contributed by atoms with van der Waals surface area (Å²) in [6, 6.07) is 23.6. The second-order valence-electron chi connectivity index (χ2n) is 8.32. The van der Waals surface area contributed by atoms with Gasteiger partial charge in [-0.3, -0.25) is 9.59 Å². The van der Waals surface area contributed by atoms with Crippen molar-refractivity contribution < 1.29 is 9.59 Å². The predicted molar refractivity (Wildman–Crippen MR) is 134 cm³/mol. The Bertz CT molecular complexity index is 1070. The first-order valence-corrected chi connectivity index (χ1v) is 11.7. The van der Waals surface area contributed by atoms with Gasteiger partial charge in [0.25, 0.3) is 0 Å². The van der Waals surface area contributed by atoms with Gasteiger partial charge in [-0.25, -0.2) is 0 Å². The van der Waals surface area contributed by atoms with Crippen LogP contribution in [0.4, 0.5) is 0 Å². The van der Waals surface area contributed by atoms with E-state index in [1.54, 1.807) is 29.2 Å². The molecule has 0 aromatic heterocycles. The minimum Gasteiger partial charge on any atom is -0.352 e. The van der Waals surface area contributed by atoms with Crippen LogP contribution in [0.2, 0.25) is 10.0 Å². The van der Waals surface area contributed by atoms with E-state index < -0.39 is 6.04 Å². The van der Waals surface area contributed by atoms with Crippen LogP contribution in [0.15, 0.2) is 78.9 Å². The molecule has 0 fully saturated rings. The zero-order valence-corrected chi connectivity index (χ0v) is 20.3. The number of benzene rings is 3. The average molecular weight is 483 g/mol. The molecule has 0 aliphatic heterocycles. The number of nitrogens with one attached hydrogen (secondary N) is 1. The maximum atomic E-state index is 13.6. The molecule has 1 atom stereocenters. The summed E-state index contributed by atoms with van der Waals surface area (Å²) in [5, 5.41) is 4.18. The van der Waals surface area contributed by atoms with Crippen molar-refractivity contribution >= 4 is 35.0 Å². The molecule has 0 radical (unpaired) electrons. The van der Waals surface area contributed by atoms with Gasteiger partial charge in [-0.2, -0.15) is 0 Å². The van der Waals surface area contributed by atoms with E-state index in [4.69, 9.17) is 23.2 Å². The number of hydrogen-bond acceptors (Lipinski definition) is 2. The van der Waals surface area contributed by atoms with Gasteiger partial charge in [0.2, 0.25) is 11.8 Å². The summed E-state index contributed by atoms with van der Waals surface area (Å²) < 4.78 is 0. The zero-order chi connectivity index (χ0) is 23.8. The Kier molecular flexibility index (Phi) is 8.93. The topological polar surface area (TPSA) is 49.4 Å². The maximum Gasteiger partial charge on any atom is 0.243 e. The molecular weight excluding hydrogens is 455 g/mol. The second kappa shape index (κ2) is 11.9. The highest BCUT2D eigenvalue weighted by Crippen LogP contribution is 2.19. The summed E-state index contributed by atoms with van der Waals surface area (Å²) in [6.07, 6.45) is 0.558. The van der Waals surface area contributed by atoms with E-state index in [-0.39, 0.29) is 24.3 Å². The van der Waals surface area contributed by atoms with Gasteiger partial charge in [0.15, 0.2) is 0 Å². The van der Waals surface area contributed by atoms with E-state index in [1.165, 1.54) is 0 Å². The Morgan fingerprint density at radius 3 is 2.12 bits per heavy atom. The van der Waals surface area contributed by atoms with Gasteiger partial charge in [0.05, 0.1) is 6.42 Å². The molecule has 2 amide bonds. The van der Waals surface area contributed by atoms with E-state index in [0.717, 1.165) is 16.7 Å². The Balaban J connectivity index is 1.96. The van der Waals surface area contributed by atoms with Crippen molar-refractivity contribution in [2.45, 2.75) is 45.3 Å². The van der Waals surface area contributed by atoms with Crippen molar-refractivity contribution in [1.29, 1.82) is 0 Å². The van der Waals surface area contributed by atoms with Gasteiger partial charge in [0.1, 0.15) is 6.04 Å². The highest BCUT2D eigenvalue weighted by Gasteiger charge is 2.30. The molecule has 3 aromatic carbocycles. The lowest BCUT2D eigenvalue weighted by Gasteiger charge is -2.32. The van der Waals surface area contributed by atoms with Crippen LogP contribution in [0.25, 0.3) is 0 Å². The molecule has 0 aliphatic carbocycles. The fourth-order valence-electron chi connectivity index (χ4n) is 3.64. The molecule has 0 aliphatic rings. The molecule has 33 heavy (non-hydrogen) atoms. The van der Waals surface area contributed by atoms with Gasteiger partial charge >= 0.3 is 0 Å². The van der Waals surface area contributed by atoms with Crippen LogP contribution in [-0.4, -0.2) is 28.8 Å². The normalized spacial score (nSPS) is 11.8. The third kappa shape index (κ3) is 7.62. The van der Waals surface area contributed by atoms with Gasteiger partial charge in [0, 0.05) is 29.1 Å². The second-order valence-corrected chi connectivity index (χ2v) is 9.20. The van der Waals surface area contributed by atoms with Crippen LogP contribution in [0.3, 0.4) is 0 Å². The fourth-order valence-corrected chi connectivity index (χ4v) is 3.98. The zero-order valence-electron chi connectivity index (χ0n) is 18.8. The van der Waals surface area contributed by atoms with Crippen LogP contribution in [0.5, 0.6) is 0 Å². The molecule has 0 spiro atoms. The molecule has 3 rings (SSSR count). The SMILES string of the molecule is CC(C)NC(=O)[C@H](Cc1ccccc1)N(Cc1ccc(Cl)cc1)C(=O)Cc1cccc(Cl)c1. The van der Waals surface area contributed by atoms with Crippen molar-refractivity contribution in [2.24, 2.45) is 0 Å². The summed E-state index contributed by atoms with van der Waals surface area (Å²) in [6.45, 7) is 4.11. The smallest absolute Gasteiger partial charge is 0.243 e. The third-order valence-corrected chi connectivity index (χ3v) is 5.70. The number of carbonyl (C=O) groups excluding carboxylic acids is 2. The first-order chi connectivity index (χ1) is 15.8. The van der Waals surface area contributed by atoms with Crippen molar-refractivity contribution in [3.05, 3.63) is 106 Å². The monoisotopic (exact) mass is 482 g/mol. The number of amides is 2. The van der Waals surface area contributed by atoms with E-state index in [9.17, 15) is 9.59 Å². The molecule has 0 saturated carbocycles. The molecule has 0 heterocycles. The Morgan fingerprint density at radius 2 is 1.48 bits per heavy atom. The lowest BCUT2D eigenvalue weighted by molar-refractivity contribution is -0.141. The Hall–Kier alpha value is -2.82. The molecule has 4 nitrogen and oxygen atoms in total. The highest BCUT2D eigenvalue weighted by molar-refractivity contribution is 6.30. The maximum absolute atomic E-state index is 13.6. The first-order valence-electron chi connectivity index (χ1n) is 10.9. The number of carbonyl (C=O) groups is 2. The lowest BCUT2D eigenvalue weighted by Crippen LogP contribution is -2.52. The minimum absolute atomic E-state index is 0.0452. The van der Waals surface area contributed by atoms with Crippen molar-refractivity contribution in [3.63, 3.8) is 0 Å². The van der Waals surface area contributed by atoms with Crippen molar-refractivity contribution in [2.75, 3.05) is 0 Å². The molecule has 0 bridgehead atoms. The number of nitrogens with zero attached hydrogens (tertiary/aromatic N) is 1. The van der Waals surface area contributed by atoms with Crippen LogP contribution >= 0.6 is 23.2 Å². The van der Waals surface area contributed by atoms with Crippen molar-refractivity contribution in [1.82, 2.24) is 10.2 Å². The van der Waals surface area contributed by atoms with E-state index in [2.05, 4.69) is 5.32 Å². The third-order valence-electron chi connectivity index (χ3n) is 5.21. The molecule has 172 valence electrons. The molecule has 1 N–H and O–H groups in total. The number of halogens is 2. The molecular formula is C27H28Cl2N2O2. The van der Waals surface area contributed by atoms with E-state index >= 15 is 0 Å². The summed E-state index contributed by atoms with van der Waals surface area (Å²) >= 11 is 12.2. The summed E-state index contributed by atoms with van der Waals surface area (Å²) in [7, 11) is 0. The quantitative estimate of drug-likeness (QED) is 0.425. The van der Waals surface area contributed by atoms with Crippen LogP contribution in [0.1, 0.15) is 30.5 Å². The van der Waals surface area contributed by atoms with E-state index in [0.29, 0.717) is 23.0 Å². The first kappa shape index (κ1) is 24.8. The van der Waals surface area contributed by atoms with Gasteiger partial charge in [-0.15, -0.1) is 0 Å². The van der Waals surface area contributed by atoms with Gasteiger partial charge in [-0.05, 0) is 54.8 Å². The Morgan fingerprint density at radius 1 is 0.818 bits per heavy atom. The molecule has 3 aromatic rings. The largest absolute Gasteiger partial charge is 0.352 e. The standard InChI is InChI=1S/C27H28Cl2N2O2/c1-19(2)30-27(33)25(16-20-7-4-3-5-8-20)31(18-21-11-13-23(28)14-12-21)26(32)17-22-9-6-10-24(29)15-22/h3-15,19,25H,16-18H2,1-2H3,(H,30,33)/t25-/m0/s1. The summed E-state index contributed by atoms with van der Waals surface area (Å²) in [4.78, 5) is 28.6. The van der Waals surface area contributed by atoms with Gasteiger partial charge in [-0.1, -0.05) is 77.8 Å². The van der Waals surface area contributed by atoms with Gasteiger partial charge < -0.3 is 10.2 Å². The van der Waals surface area contributed by atoms with E-state index in [1.807, 2.05) is 68.4 Å². The highest BCUT2D eigenvalue weighted by atomic mass is 35.5. The summed E-state index contributed by atoms with van der Waals surface area (Å²) in [5.74, 6) is -0.325. The molecule has 0 saturated heterocycles. The van der Waals surface area contributed by atoms with Crippen LogP contribution in [-0.2, 0) is 29.0 Å². The lowest BCUT2D eigenvalue weighted by atomic mass is 10.0. The number of rotatable bonds is 9. The van der Waals surface area contributed by atoms with Crippen molar-refractivity contribution in [3.8, 4) is 0 Å². The van der Waals surface area contributed by atoms with Crippen LogP contribution in [0, 0.1) is 0 Å². The molecule has 6 heteroatoms. The predicted octanol–water partition coefficient (Wildman–Crippen LogP) is 5.70. The fraction of sp³-hybridized carbons (Fsp3) is 0.259. The Labute approximate surface area is 205 Å². The molecule has 0 unspecified atom stereocenters. The van der Waals surface area contributed by atoms with Crippen LogP contribution < -0.4 is 5.32 Å². The number of hydrogen-bond donors (Lipinski definition) is 1. The minimum atomic E-state index is -0.669.